The number of anilines is 1. The number of carbonyl (C=O) groups is 2. The van der Waals surface area contributed by atoms with Gasteiger partial charge in [0, 0.05) is 17.8 Å². The molecule has 0 aliphatic heterocycles. The highest BCUT2D eigenvalue weighted by Gasteiger charge is 2.28. The Morgan fingerprint density at radius 2 is 1.91 bits per heavy atom. The molecule has 0 radical (unpaired) electrons. The van der Waals surface area contributed by atoms with Crippen LogP contribution in [-0.2, 0) is 17.6 Å². The summed E-state index contributed by atoms with van der Waals surface area (Å²) in [5.41, 5.74) is 7.33. The molecule has 122 valence electrons. The lowest BCUT2D eigenvalue weighted by Crippen LogP contribution is -2.31. The Labute approximate surface area is 136 Å². The Kier molecular flexibility index (Phi) is 6.00. The van der Waals surface area contributed by atoms with Crippen LogP contribution in [0.25, 0.3) is 0 Å². The number of unbranched alkanes of at least 4 members (excludes halogenated alkanes) is 2. The van der Waals surface area contributed by atoms with Gasteiger partial charge in [-0.05, 0) is 44.6 Å². The molecule has 0 spiro atoms. The first-order valence-corrected chi connectivity index (χ1v) is 9.16. The van der Waals surface area contributed by atoms with Crippen LogP contribution >= 0.6 is 11.3 Å². The van der Waals surface area contributed by atoms with Crippen molar-refractivity contribution in [2.24, 2.45) is 5.73 Å². The summed E-state index contributed by atoms with van der Waals surface area (Å²) in [4.78, 5) is 27.5. The fourth-order valence-corrected chi connectivity index (χ4v) is 4.56. The van der Waals surface area contributed by atoms with Crippen molar-refractivity contribution < 1.29 is 9.59 Å². The topological polar surface area (TPSA) is 63.4 Å². The lowest BCUT2D eigenvalue weighted by atomic mass is 9.95. The summed E-state index contributed by atoms with van der Waals surface area (Å²) in [6.45, 7) is 4.67. The number of amides is 2. The standard InChI is InChI=1S/C17H26N2O2S/c1-3-5-6-11-14(20)19(4-2)17-15(16(18)21)12-9-7-8-10-13(12)22-17/h3-11H2,1-2H3,(H2,18,21). The molecule has 4 nitrogen and oxygen atoms in total. The highest BCUT2D eigenvalue weighted by molar-refractivity contribution is 7.17. The van der Waals surface area contributed by atoms with Gasteiger partial charge in [-0.25, -0.2) is 0 Å². The van der Waals surface area contributed by atoms with E-state index in [1.165, 1.54) is 4.88 Å². The summed E-state index contributed by atoms with van der Waals surface area (Å²) >= 11 is 1.59. The molecule has 5 heteroatoms. The molecule has 0 saturated heterocycles. The molecule has 1 aromatic rings. The number of nitrogens with two attached hydrogens (primary N) is 1. The maximum Gasteiger partial charge on any atom is 0.252 e. The van der Waals surface area contributed by atoms with Crippen molar-refractivity contribution in [1.29, 1.82) is 0 Å². The second-order valence-electron chi connectivity index (χ2n) is 5.85. The summed E-state index contributed by atoms with van der Waals surface area (Å²) in [6.07, 6.45) is 7.77. The summed E-state index contributed by atoms with van der Waals surface area (Å²) in [5.74, 6) is -0.286. The van der Waals surface area contributed by atoms with Gasteiger partial charge in [-0.15, -0.1) is 11.3 Å². The molecule has 0 saturated carbocycles. The third-order valence-corrected chi connectivity index (χ3v) is 5.57. The number of aryl methyl sites for hydroxylation is 1. The molecule has 2 amide bonds. The first kappa shape index (κ1) is 17.0. The van der Waals surface area contributed by atoms with Crippen molar-refractivity contribution in [3.8, 4) is 0 Å². The molecule has 0 unspecified atom stereocenters. The predicted molar refractivity (Wildman–Crippen MR) is 91.6 cm³/mol. The number of primary amides is 1. The number of hydrogen-bond acceptors (Lipinski definition) is 3. The van der Waals surface area contributed by atoms with Crippen molar-refractivity contribution >= 4 is 28.2 Å². The van der Waals surface area contributed by atoms with Crippen LogP contribution in [0, 0.1) is 0 Å². The largest absolute Gasteiger partial charge is 0.365 e. The van der Waals surface area contributed by atoms with E-state index in [0.717, 1.165) is 55.5 Å². The lowest BCUT2D eigenvalue weighted by molar-refractivity contribution is -0.118. The maximum absolute atomic E-state index is 12.5. The quantitative estimate of drug-likeness (QED) is 0.779. The van der Waals surface area contributed by atoms with Crippen LogP contribution in [0.3, 0.4) is 0 Å². The Morgan fingerprint density at radius 1 is 1.18 bits per heavy atom. The highest BCUT2D eigenvalue weighted by Crippen LogP contribution is 2.40. The van der Waals surface area contributed by atoms with Gasteiger partial charge in [0.25, 0.3) is 5.91 Å². The monoisotopic (exact) mass is 322 g/mol. The number of carbonyl (C=O) groups excluding carboxylic acids is 2. The van der Waals surface area contributed by atoms with Crippen molar-refractivity contribution in [1.82, 2.24) is 0 Å². The number of nitrogens with zero attached hydrogens (tertiary/aromatic N) is 1. The second-order valence-corrected chi connectivity index (χ2v) is 6.93. The van der Waals surface area contributed by atoms with E-state index in [1.807, 2.05) is 6.92 Å². The van der Waals surface area contributed by atoms with Crippen LogP contribution in [0.5, 0.6) is 0 Å². The molecule has 2 rings (SSSR count). The van der Waals surface area contributed by atoms with Crippen LogP contribution in [0.1, 0.15) is 73.2 Å². The number of thiophene rings is 1. The molecular weight excluding hydrogens is 296 g/mol. The lowest BCUT2D eigenvalue weighted by Gasteiger charge is -2.20. The van der Waals surface area contributed by atoms with Gasteiger partial charge in [0.05, 0.1) is 5.56 Å². The van der Waals surface area contributed by atoms with Gasteiger partial charge in [0.2, 0.25) is 5.91 Å². The van der Waals surface area contributed by atoms with E-state index in [0.29, 0.717) is 18.5 Å². The minimum Gasteiger partial charge on any atom is -0.365 e. The number of rotatable bonds is 7. The van der Waals surface area contributed by atoms with Crippen molar-refractivity contribution in [2.75, 3.05) is 11.4 Å². The zero-order chi connectivity index (χ0) is 16.1. The summed E-state index contributed by atoms with van der Waals surface area (Å²) < 4.78 is 0. The molecule has 1 aliphatic rings. The Balaban J connectivity index is 2.30. The van der Waals surface area contributed by atoms with Gasteiger partial charge in [-0.1, -0.05) is 19.8 Å². The molecule has 22 heavy (non-hydrogen) atoms. The van der Waals surface area contributed by atoms with Crippen LogP contribution < -0.4 is 10.6 Å². The van der Waals surface area contributed by atoms with Crippen molar-refractivity contribution in [2.45, 2.75) is 65.2 Å². The van der Waals surface area contributed by atoms with E-state index in [9.17, 15) is 9.59 Å². The van der Waals surface area contributed by atoms with Crippen LogP contribution in [0.2, 0.25) is 0 Å². The smallest absolute Gasteiger partial charge is 0.252 e. The zero-order valence-electron chi connectivity index (χ0n) is 13.6. The van der Waals surface area contributed by atoms with Crippen molar-refractivity contribution in [3.63, 3.8) is 0 Å². The van der Waals surface area contributed by atoms with Crippen LogP contribution in [-0.4, -0.2) is 18.4 Å². The van der Waals surface area contributed by atoms with E-state index < -0.39 is 5.91 Å². The summed E-state index contributed by atoms with van der Waals surface area (Å²) in [5, 5.41) is 0.781. The second kappa shape index (κ2) is 7.77. The summed E-state index contributed by atoms with van der Waals surface area (Å²) in [7, 11) is 0. The minimum atomic E-state index is -0.394. The number of fused-ring (bicyclic) bond motifs is 1. The normalized spacial score (nSPS) is 13.7. The molecule has 2 N–H and O–H groups in total. The molecular formula is C17H26N2O2S. The minimum absolute atomic E-state index is 0.108. The van der Waals surface area contributed by atoms with Crippen LogP contribution in [0.15, 0.2) is 0 Å². The van der Waals surface area contributed by atoms with Gasteiger partial charge in [0.1, 0.15) is 5.00 Å². The molecule has 1 aromatic heterocycles. The third-order valence-electron chi connectivity index (χ3n) is 4.26. The molecule has 0 bridgehead atoms. The average molecular weight is 322 g/mol. The predicted octanol–water partition coefficient (Wildman–Crippen LogP) is 3.66. The molecule has 0 fully saturated rings. The SMILES string of the molecule is CCCCCC(=O)N(CC)c1sc2c(c1C(N)=O)CCCC2. The van der Waals surface area contributed by atoms with Gasteiger partial charge in [-0.2, -0.15) is 0 Å². The van der Waals surface area contributed by atoms with Gasteiger partial charge < -0.3 is 10.6 Å². The molecule has 0 aromatic carbocycles. The molecule has 1 aliphatic carbocycles. The number of hydrogen-bond donors (Lipinski definition) is 1. The first-order valence-electron chi connectivity index (χ1n) is 8.34. The van der Waals surface area contributed by atoms with Gasteiger partial charge in [-0.3, -0.25) is 9.59 Å². The maximum atomic E-state index is 12.5. The van der Waals surface area contributed by atoms with E-state index in [1.54, 1.807) is 16.2 Å². The van der Waals surface area contributed by atoms with Gasteiger partial charge in [0.15, 0.2) is 0 Å². The van der Waals surface area contributed by atoms with Gasteiger partial charge >= 0.3 is 0 Å². The average Bonchev–Trinajstić information content (AvgIpc) is 2.87. The Hall–Kier alpha value is -1.36. The molecule has 1 heterocycles. The Bertz CT molecular complexity index is 551. The first-order chi connectivity index (χ1) is 10.6. The van der Waals surface area contributed by atoms with Crippen LogP contribution in [0.4, 0.5) is 5.00 Å². The fraction of sp³-hybridized carbons (Fsp3) is 0.647. The van der Waals surface area contributed by atoms with Crippen molar-refractivity contribution in [3.05, 3.63) is 16.0 Å². The zero-order valence-corrected chi connectivity index (χ0v) is 14.4. The van der Waals surface area contributed by atoms with E-state index in [4.69, 9.17) is 5.73 Å². The van der Waals surface area contributed by atoms with E-state index >= 15 is 0 Å². The highest BCUT2D eigenvalue weighted by atomic mass is 32.1. The van der Waals surface area contributed by atoms with E-state index in [-0.39, 0.29) is 5.91 Å². The van der Waals surface area contributed by atoms with E-state index in [2.05, 4.69) is 6.92 Å². The summed E-state index contributed by atoms with van der Waals surface area (Å²) in [6, 6.07) is 0. The Morgan fingerprint density at radius 3 is 2.55 bits per heavy atom. The third kappa shape index (κ3) is 3.51. The molecule has 0 atom stereocenters. The fourth-order valence-electron chi connectivity index (χ4n) is 3.09.